The molecule has 0 N–H and O–H groups in total. The third-order valence-corrected chi connectivity index (χ3v) is 4.63. The summed E-state index contributed by atoms with van der Waals surface area (Å²) >= 11 is 0. The van der Waals surface area contributed by atoms with Gasteiger partial charge in [0, 0.05) is 6.04 Å². The quantitative estimate of drug-likeness (QED) is 0.552. The smallest absolute Gasteiger partial charge is 0.198 e. The van der Waals surface area contributed by atoms with Gasteiger partial charge >= 0.3 is 0 Å². The van der Waals surface area contributed by atoms with Gasteiger partial charge in [0.05, 0.1) is 17.3 Å². The van der Waals surface area contributed by atoms with Crippen molar-refractivity contribution < 1.29 is 4.42 Å². The Morgan fingerprint density at radius 2 is 1.70 bits per heavy atom. The summed E-state index contributed by atoms with van der Waals surface area (Å²) in [6.45, 7) is 0. The van der Waals surface area contributed by atoms with Crippen LogP contribution in [0.3, 0.4) is 0 Å². The molecule has 0 bridgehead atoms. The van der Waals surface area contributed by atoms with Gasteiger partial charge < -0.3 is 8.98 Å². The van der Waals surface area contributed by atoms with E-state index in [1.54, 1.807) is 6.26 Å². The van der Waals surface area contributed by atoms with Crippen molar-refractivity contribution in [2.75, 3.05) is 0 Å². The van der Waals surface area contributed by atoms with Crippen LogP contribution in [0.4, 0.5) is 0 Å². The molecule has 3 heterocycles. The number of imidazole rings is 1. The van der Waals surface area contributed by atoms with Crippen LogP contribution < -0.4 is 0 Å². The van der Waals surface area contributed by atoms with E-state index in [1.807, 2.05) is 36.4 Å². The molecule has 0 unspecified atom stereocenters. The van der Waals surface area contributed by atoms with Gasteiger partial charge in [-0.1, -0.05) is 25.0 Å². The minimum absolute atomic E-state index is 0.426. The molecule has 4 aromatic rings. The van der Waals surface area contributed by atoms with Gasteiger partial charge in [-0.15, -0.1) is 0 Å². The van der Waals surface area contributed by atoms with E-state index < -0.39 is 0 Å². The Morgan fingerprint density at radius 1 is 0.913 bits per heavy atom. The molecule has 114 valence electrons. The fraction of sp³-hybridized carbons (Fsp3) is 0.278. The molecular formula is C18H16N4O. The molecule has 5 rings (SSSR count). The summed E-state index contributed by atoms with van der Waals surface area (Å²) in [6.07, 6.45) is 6.51. The van der Waals surface area contributed by atoms with Gasteiger partial charge in [0.25, 0.3) is 0 Å². The summed E-state index contributed by atoms with van der Waals surface area (Å²) in [5, 5.41) is 0. The molecule has 23 heavy (non-hydrogen) atoms. The summed E-state index contributed by atoms with van der Waals surface area (Å²) in [5.74, 6) is 1.62. The molecule has 0 spiro atoms. The first kappa shape index (κ1) is 12.8. The second kappa shape index (κ2) is 4.91. The predicted octanol–water partition coefficient (Wildman–Crippen LogP) is 4.35. The number of benzene rings is 1. The van der Waals surface area contributed by atoms with Crippen LogP contribution >= 0.6 is 0 Å². The highest BCUT2D eigenvalue weighted by atomic mass is 16.3. The molecule has 5 heteroatoms. The number of fused-ring (bicyclic) bond motifs is 2. The number of hydrogen-bond acceptors (Lipinski definition) is 4. The average molecular weight is 304 g/mol. The first-order valence-corrected chi connectivity index (χ1v) is 8.09. The third kappa shape index (κ3) is 1.96. The molecule has 1 fully saturated rings. The van der Waals surface area contributed by atoms with E-state index in [2.05, 4.69) is 4.57 Å². The minimum atomic E-state index is 0.426. The molecule has 1 saturated carbocycles. The second-order valence-electron chi connectivity index (χ2n) is 6.08. The SMILES string of the molecule is c1coc(-c2nc3nc4ccccc4nc3n2C2CCCC2)c1. The standard InChI is InChI=1S/C18H16N4O/c1-2-7-12(6-1)22-17(15-10-5-11-23-15)21-16-18(22)20-14-9-4-3-8-13(14)19-16/h3-5,8-12H,1-2,6-7H2. The summed E-state index contributed by atoms with van der Waals surface area (Å²) in [5.41, 5.74) is 3.34. The van der Waals surface area contributed by atoms with E-state index >= 15 is 0 Å². The number of para-hydroxylation sites is 2. The molecule has 0 amide bonds. The van der Waals surface area contributed by atoms with Gasteiger partial charge in [0.2, 0.25) is 0 Å². The van der Waals surface area contributed by atoms with E-state index in [0.29, 0.717) is 11.7 Å². The maximum absolute atomic E-state index is 5.61. The van der Waals surface area contributed by atoms with Gasteiger partial charge in [0.15, 0.2) is 22.9 Å². The van der Waals surface area contributed by atoms with Crippen LogP contribution in [0, 0.1) is 0 Å². The molecule has 1 aliphatic carbocycles. The molecule has 1 aromatic carbocycles. The molecule has 3 aromatic heterocycles. The zero-order valence-electron chi connectivity index (χ0n) is 12.6. The highest BCUT2D eigenvalue weighted by molar-refractivity contribution is 5.84. The molecule has 0 aliphatic heterocycles. The van der Waals surface area contributed by atoms with Crippen LogP contribution in [-0.4, -0.2) is 19.5 Å². The van der Waals surface area contributed by atoms with Crippen LogP contribution in [0.2, 0.25) is 0 Å². The largest absolute Gasteiger partial charge is 0.461 e. The van der Waals surface area contributed by atoms with Gasteiger partial charge in [-0.2, -0.15) is 0 Å². The Bertz CT molecular complexity index is 981. The Labute approximate surface area is 133 Å². The van der Waals surface area contributed by atoms with Crippen LogP contribution in [0.25, 0.3) is 33.9 Å². The topological polar surface area (TPSA) is 56.7 Å². The van der Waals surface area contributed by atoms with E-state index in [-0.39, 0.29) is 0 Å². The molecule has 0 saturated heterocycles. The molecular weight excluding hydrogens is 288 g/mol. The number of hydrogen-bond donors (Lipinski definition) is 0. The van der Waals surface area contributed by atoms with Crippen molar-refractivity contribution in [1.82, 2.24) is 19.5 Å². The monoisotopic (exact) mass is 304 g/mol. The third-order valence-electron chi connectivity index (χ3n) is 4.63. The van der Waals surface area contributed by atoms with Crippen molar-refractivity contribution in [2.24, 2.45) is 0 Å². The number of nitrogens with zero attached hydrogens (tertiary/aromatic N) is 4. The number of rotatable bonds is 2. The predicted molar refractivity (Wildman–Crippen MR) is 88.0 cm³/mol. The van der Waals surface area contributed by atoms with Crippen molar-refractivity contribution in [2.45, 2.75) is 31.7 Å². The number of aromatic nitrogens is 4. The van der Waals surface area contributed by atoms with Crippen LogP contribution in [0.15, 0.2) is 47.1 Å². The van der Waals surface area contributed by atoms with Crippen molar-refractivity contribution in [3.63, 3.8) is 0 Å². The molecule has 5 nitrogen and oxygen atoms in total. The highest BCUT2D eigenvalue weighted by Gasteiger charge is 2.26. The van der Waals surface area contributed by atoms with Crippen molar-refractivity contribution >= 4 is 22.3 Å². The number of furan rings is 1. The summed E-state index contributed by atoms with van der Waals surface area (Å²) in [7, 11) is 0. The van der Waals surface area contributed by atoms with E-state index in [4.69, 9.17) is 19.4 Å². The molecule has 0 atom stereocenters. The lowest BCUT2D eigenvalue weighted by Crippen LogP contribution is -2.07. The van der Waals surface area contributed by atoms with Gasteiger partial charge in [0.1, 0.15) is 0 Å². The van der Waals surface area contributed by atoms with Crippen LogP contribution in [0.5, 0.6) is 0 Å². The summed E-state index contributed by atoms with van der Waals surface area (Å²) in [6, 6.07) is 12.2. The Balaban J connectivity index is 1.84. The lowest BCUT2D eigenvalue weighted by atomic mass is 10.2. The maximum atomic E-state index is 5.61. The normalized spacial score (nSPS) is 15.8. The Morgan fingerprint density at radius 3 is 2.43 bits per heavy atom. The van der Waals surface area contributed by atoms with E-state index in [0.717, 1.165) is 41.1 Å². The zero-order chi connectivity index (χ0) is 15.2. The summed E-state index contributed by atoms with van der Waals surface area (Å²) < 4.78 is 7.84. The summed E-state index contributed by atoms with van der Waals surface area (Å²) in [4.78, 5) is 14.3. The van der Waals surface area contributed by atoms with E-state index in [1.165, 1.54) is 12.8 Å². The Hall–Kier alpha value is -2.69. The van der Waals surface area contributed by atoms with Gasteiger partial charge in [-0.25, -0.2) is 15.0 Å². The van der Waals surface area contributed by atoms with Gasteiger partial charge in [-0.05, 0) is 37.1 Å². The fourth-order valence-corrected chi connectivity index (χ4v) is 3.56. The molecule has 1 aliphatic rings. The Kier molecular flexibility index (Phi) is 2.74. The zero-order valence-corrected chi connectivity index (χ0v) is 12.6. The first-order valence-electron chi connectivity index (χ1n) is 8.09. The maximum Gasteiger partial charge on any atom is 0.198 e. The highest BCUT2D eigenvalue weighted by Crippen LogP contribution is 2.36. The average Bonchev–Trinajstić information content (AvgIpc) is 3.31. The van der Waals surface area contributed by atoms with Crippen LogP contribution in [-0.2, 0) is 0 Å². The van der Waals surface area contributed by atoms with Crippen molar-refractivity contribution in [3.05, 3.63) is 42.7 Å². The van der Waals surface area contributed by atoms with Crippen molar-refractivity contribution in [3.8, 4) is 11.6 Å². The van der Waals surface area contributed by atoms with Crippen molar-refractivity contribution in [1.29, 1.82) is 0 Å². The fourth-order valence-electron chi connectivity index (χ4n) is 3.56. The second-order valence-corrected chi connectivity index (χ2v) is 6.08. The lowest BCUT2D eigenvalue weighted by molar-refractivity contribution is 0.516. The van der Waals surface area contributed by atoms with Crippen LogP contribution in [0.1, 0.15) is 31.7 Å². The molecule has 0 radical (unpaired) electrons. The minimum Gasteiger partial charge on any atom is -0.461 e. The first-order chi connectivity index (χ1) is 11.4. The van der Waals surface area contributed by atoms with E-state index in [9.17, 15) is 0 Å². The lowest BCUT2D eigenvalue weighted by Gasteiger charge is -2.14. The van der Waals surface area contributed by atoms with Gasteiger partial charge in [-0.3, -0.25) is 0 Å².